The lowest BCUT2D eigenvalue weighted by molar-refractivity contribution is 0.102. The van der Waals surface area contributed by atoms with Crippen molar-refractivity contribution in [2.75, 3.05) is 17.3 Å². The third kappa shape index (κ3) is 3.30. The summed E-state index contributed by atoms with van der Waals surface area (Å²) in [6, 6.07) is 12.8. The van der Waals surface area contributed by atoms with Crippen LogP contribution in [0.2, 0.25) is 0 Å². The van der Waals surface area contributed by atoms with Gasteiger partial charge in [0.1, 0.15) is 0 Å². The van der Waals surface area contributed by atoms with Gasteiger partial charge in [0.05, 0.1) is 5.69 Å². The monoisotopic (exact) mass is 336 g/mol. The van der Waals surface area contributed by atoms with Crippen molar-refractivity contribution in [3.05, 3.63) is 52.5 Å². The summed E-state index contributed by atoms with van der Waals surface area (Å²) >= 11 is 4.90. The van der Waals surface area contributed by atoms with Crippen molar-refractivity contribution in [2.45, 2.75) is 4.90 Å². The minimum Gasteiger partial charge on any atom is -0.398 e. The number of nitrogen functional groups attached to an aromatic ring is 1. The van der Waals surface area contributed by atoms with Crippen LogP contribution < -0.4 is 11.1 Å². The zero-order valence-electron chi connectivity index (χ0n) is 10.3. The zero-order chi connectivity index (χ0) is 13.8. The minimum absolute atomic E-state index is 0.166. The maximum absolute atomic E-state index is 12.2. The number of para-hydroxylation sites is 1. The highest BCUT2D eigenvalue weighted by Crippen LogP contribution is 2.26. The van der Waals surface area contributed by atoms with Crippen molar-refractivity contribution in [1.82, 2.24) is 0 Å². The summed E-state index contributed by atoms with van der Waals surface area (Å²) in [5.74, 6) is -0.166. The smallest absolute Gasteiger partial charge is 0.255 e. The Labute approximate surface area is 124 Å². The van der Waals surface area contributed by atoms with E-state index in [0.717, 1.165) is 15.1 Å². The molecule has 0 saturated heterocycles. The molecule has 0 unspecified atom stereocenters. The molecular weight excluding hydrogens is 324 g/mol. The van der Waals surface area contributed by atoms with Crippen LogP contribution in [0.4, 0.5) is 11.4 Å². The van der Waals surface area contributed by atoms with Crippen molar-refractivity contribution >= 4 is 45.0 Å². The minimum atomic E-state index is -0.166. The largest absolute Gasteiger partial charge is 0.398 e. The molecule has 3 nitrogen and oxygen atoms in total. The quantitative estimate of drug-likeness (QED) is 0.657. The van der Waals surface area contributed by atoms with E-state index in [9.17, 15) is 4.79 Å². The highest BCUT2D eigenvalue weighted by molar-refractivity contribution is 9.10. The van der Waals surface area contributed by atoms with Gasteiger partial charge in [-0.1, -0.05) is 12.1 Å². The van der Waals surface area contributed by atoms with Gasteiger partial charge >= 0.3 is 0 Å². The summed E-state index contributed by atoms with van der Waals surface area (Å²) in [7, 11) is 0. The summed E-state index contributed by atoms with van der Waals surface area (Å²) in [5, 5.41) is 2.89. The molecule has 19 heavy (non-hydrogen) atoms. The number of anilines is 2. The maximum Gasteiger partial charge on any atom is 0.255 e. The van der Waals surface area contributed by atoms with Gasteiger partial charge < -0.3 is 11.1 Å². The van der Waals surface area contributed by atoms with Gasteiger partial charge in [0, 0.05) is 20.6 Å². The van der Waals surface area contributed by atoms with Gasteiger partial charge in [0.25, 0.3) is 5.91 Å². The molecule has 2 aromatic carbocycles. The molecule has 0 aliphatic carbocycles. The molecule has 0 saturated carbocycles. The van der Waals surface area contributed by atoms with Gasteiger partial charge in [0.15, 0.2) is 0 Å². The van der Waals surface area contributed by atoms with Crippen LogP contribution in [0.3, 0.4) is 0 Å². The van der Waals surface area contributed by atoms with E-state index < -0.39 is 0 Å². The Bertz CT molecular complexity index is 616. The number of nitrogens with one attached hydrogen (secondary N) is 1. The van der Waals surface area contributed by atoms with Gasteiger partial charge in [-0.3, -0.25) is 4.79 Å². The molecule has 0 radical (unpaired) electrons. The molecule has 0 aliphatic rings. The predicted octanol–water partition coefficient (Wildman–Crippen LogP) is 4.01. The van der Waals surface area contributed by atoms with Crippen molar-refractivity contribution in [3.8, 4) is 0 Å². The number of rotatable bonds is 3. The first-order valence-corrected chi connectivity index (χ1v) is 7.63. The average molecular weight is 337 g/mol. The van der Waals surface area contributed by atoms with E-state index in [1.807, 2.05) is 30.5 Å². The second-order valence-corrected chi connectivity index (χ2v) is 5.59. The summed E-state index contributed by atoms with van der Waals surface area (Å²) < 4.78 is 0.786. The first kappa shape index (κ1) is 14.0. The fourth-order valence-corrected chi connectivity index (χ4v) is 2.43. The van der Waals surface area contributed by atoms with Gasteiger partial charge in [-0.15, -0.1) is 11.8 Å². The number of thioether (sulfide) groups is 1. The third-order valence-electron chi connectivity index (χ3n) is 2.61. The van der Waals surface area contributed by atoms with Crippen molar-refractivity contribution in [3.63, 3.8) is 0 Å². The fourth-order valence-electron chi connectivity index (χ4n) is 1.63. The molecule has 0 fully saturated rings. The van der Waals surface area contributed by atoms with Crippen LogP contribution in [0.5, 0.6) is 0 Å². The molecule has 0 heterocycles. The van der Waals surface area contributed by atoms with E-state index in [4.69, 9.17) is 5.73 Å². The topological polar surface area (TPSA) is 55.1 Å². The molecule has 2 rings (SSSR count). The van der Waals surface area contributed by atoms with Crippen LogP contribution >= 0.6 is 27.7 Å². The third-order valence-corrected chi connectivity index (χ3v) is 4.13. The fraction of sp³-hybridized carbons (Fsp3) is 0.0714. The molecule has 2 aromatic rings. The number of carbonyl (C=O) groups excluding carboxylic acids is 1. The Hall–Kier alpha value is -1.46. The van der Waals surface area contributed by atoms with E-state index in [-0.39, 0.29) is 5.91 Å². The SMILES string of the molecule is CSc1ccccc1NC(=O)c1ccc(Br)c(N)c1. The highest BCUT2D eigenvalue weighted by atomic mass is 79.9. The number of nitrogens with two attached hydrogens (primary N) is 1. The van der Waals surface area contributed by atoms with Gasteiger partial charge in [-0.25, -0.2) is 0 Å². The zero-order valence-corrected chi connectivity index (χ0v) is 12.7. The lowest BCUT2D eigenvalue weighted by Gasteiger charge is -2.09. The number of carbonyl (C=O) groups is 1. The van der Waals surface area contributed by atoms with E-state index in [1.54, 1.807) is 30.0 Å². The van der Waals surface area contributed by atoms with E-state index in [2.05, 4.69) is 21.2 Å². The highest BCUT2D eigenvalue weighted by Gasteiger charge is 2.09. The second kappa shape index (κ2) is 6.12. The molecule has 0 spiro atoms. The van der Waals surface area contributed by atoms with Crippen molar-refractivity contribution < 1.29 is 4.79 Å². The lowest BCUT2D eigenvalue weighted by atomic mass is 10.2. The van der Waals surface area contributed by atoms with Crippen molar-refractivity contribution in [1.29, 1.82) is 0 Å². The van der Waals surface area contributed by atoms with Crippen LogP contribution in [0, 0.1) is 0 Å². The molecule has 3 N–H and O–H groups in total. The van der Waals surface area contributed by atoms with Gasteiger partial charge in [-0.05, 0) is 52.5 Å². The van der Waals surface area contributed by atoms with E-state index >= 15 is 0 Å². The molecule has 98 valence electrons. The number of amides is 1. The second-order valence-electron chi connectivity index (χ2n) is 3.89. The number of hydrogen-bond acceptors (Lipinski definition) is 3. The van der Waals surface area contributed by atoms with Crippen LogP contribution in [-0.4, -0.2) is 12.2 Å². The summed E-state index contributed by atoms with van der Waals surface area (Å²) in [6.45, 7) is 0. The molecule has 0 bridgehead atoms. The first-order chi connectivity index (χ1) is 9.11. The normalized spacial score (nSPS) is 10.2. The predicted molar refractivity (Wildman–Crippen MR) is 84.7 cm³/mol. The summed E-state index contributed by atoms with van der Waals surface area (Å²) in [5.41, 5.74) is 7.67. The van der Waals surface area contributed by atoms with E-state index in [1.165, 1.54) is 0 Å². The Morgan fingerprint density at radius 1 is 1.26 bits per heavy atom. The van der Waals surface area contributed by atoms with Crippen LogP contribution in [0.15, 0.2) is 51.8 Å². The van der Waals surface area contributed by atoms with Gasteiger partial charge in [0.2, 0.25) is 0 Å². The Morgan fingerprint density at radius 3 is 2.68 bits per heavy atom. The summed E-state index contributed by atoms with van der Waals surface area (Å²) in [6.07, 6.45) is 1.97. The Kier molecular flexibility index (Phi) is 4.50. The number of hydrogen-bond donors (Lipinski definition) is 2. The van der Waals surface area contributed by atoms with E-state index in [0.29, 0.717) is 11.3 Å². The standard InChI is InChI=1S/C14H13BrN2OS/c1-19-13-5-3-2-4-12(13)17-14(18)9-6-7-10(15)11(16)8-9/h2-8H,16H2,1H3,(H,17,18). The molecule has 0 aromatic heterocycles. The molecule has 0 atom stereocenters. The van der Waals surface area contributed by atoms with Gasteiger partial charge in [-0.2, -0.15) is 0 Å². The van der Waals surface area contributed by atoms with Crippen LogP contribution in [0.1, 0.15) is 10.4 Å². The Morgan fingerprint density at radius 2 is 2.00 bits per heavy atom. The molecule has 5 heteroatoms. The average Bonchev–Trinajstić information content (AvgIpc) is 2.42. The van der Waals surface area contributed by atoms with Crippen LogP contribution in [0.25, 0.3) is 0 Å². The Balaban J connectivity index is 2.23. The number of benzene rings is 2. The molecular formula is C14H13BrN2OS. The maximum atomic E-state index is 12.2. The lowest BCUT2D eigenvalue weighted by Crippen LogP contribution is -2.12. The molecule has 1 amide bonds. The number of halogens is 1. The molecule has 0 aliphatic heterocycles. The van der Waals surface area contributed by atoms with Crippen molar-refractivity contribution in [2.24, 2.45) is 0 Å². The van der Waals surface area contributed by atoms with Crippen LogP contribution in [-0.2, 0) is 0 Å². The summed E-state index contributed by atoms with van der Waals surface area (Å²) in [4.78, 5) is 13.2. The first-order valence-electron chi connectivity index (χ1n) is 5.61.